The Morgan fingerprint density at radius 2 is 1.67 bits per heavy atom. The summed E-state index contributed by atoms with van der Waals surface area (Å²) < 4.78 is 26.8. The second-order valence-electron chi connectivity index (χ2n) is 6.84. The zero-order chi connectivity index (χ0) is 21.7. The Hall–Kier alpha value is -3.32. The number of nitrogens with one attached hydrogen (secondary N) is 3. The van der Waals surface area contributed by atoms with Gasteiger partial charge < -0.3 is 16.0 Å². The molecular formula is C23H21F2N3OS. The quantitative estimate of drug-likeness (QED) is 0.468. The number of halogens is 2. The van der Waals surface area contributed by atoms with E-state index in [0.717, 1.165) is 16.8 Å². The Balaban J connectivity index is 1.62. The summed E-state index contributed by atoms with van der Waals surface area (Å²) in [6.45, 7) is 3.79. The minimum atomic E-state index is -0.572. The minimum Gasteiger partial charge on any atom is -0.356 e. The summed E-state index contributed by atoms with van der Waals surface area (Å²) in [5, 5.41) is 9.38. The van der Waals surface area contributed by atoms with Gasteiger partial charge in [-0.3, -0.25) is 4.79 Å². The van der Waals surface area contributed by atoms with Crippen molar-refractivity contribution in [3.05, 3.63) is 95.1 Å². The molecule has 0 aromatic heterocycles. The standard InChI is InChI=1S/C23H21F2N3OS/c1-14-13-18(27-22(29)19-5-3-4-6-20(19)25)11-12-21(14)28-23(30)26-15(2)16-7-9-17(24)10-8-16/h3-13,15H,1-2H3,(H,27,29)(H2,26,28,30). The van der Waals surface area contributed by atoms with Crippen LogP contribution in [0.3, 0.4) is 0 Å². The molecule has 30 heavy (non-hydrogen) atoms. The number of benzene rings is 3. The highest BCUT2D eigenvalue weighted by molar-refractivity contribution is 7.80. The lowest BCUT2D eigenvalue weighted by atomic mass is 10.1. The third kappa shape index (κ3) is 5.39. The lowest BCUT2D eigenvalue weighted by molar-refractivity contribution is 0.102. The SMILES string of the molecule is Cc1cc(NC(=O)c2ccccc2F)ccc1NC(=S)NC(C)c1ccc(F)cc1. The molecule has 3 rings (SSSR count). The summed E-state index contributed by atoms with van der Waals surface area (Å²) in [4.78, 5) is 12.3. The molecule has 0 saturated carbocycles. The maximum absolute atomic E-state index is 13.8. The Morgan fingerprint density at radius 3 is 2.33 bits per heavy atom. The van der Waals surface area contributed by atoms with Crippen LogP contribution in [-0.2, 0) is 0 Å². The first-order valence-electron chi connectivity index (χ1n) is 9.33. The maximum atomic E-state index is 13.8. The highest BCUT2D eigenvalue weighted by Crippen LogP contribution is 2.21. The summed E-state index contributed by atoms with van der Waals surface area (Å²) in [7, 11) is 0. The molecule has 1 unspecified atom stereocenters. The molecule has 3 aromatic rings. The van der Waals surface area contributed by atoms with E-state index in [1.165, 1.54) is 30.3 Å². The molecule has 0 spiro atoms. The average molecular weight is 426 g/mol. The number of thiocarbonyl (C=S) groups is 1. The first-order valence-corrected chi connectivity index (χ1v) is 9.74. The van der Waals surface area contributed by atoms with Gasteiger partial charge in [-0.25, -0.2) is 8.78 Å². The minimum absolute atomic E-state index is 0.0162. The van der Waals surface area contributed by atoms with Crippen LogP contribution in [0.1, 0.15) is 34.5 Å². The van der Waals surface area contributed by atoms with Gasteiger partial charge in [0.15, 0.2) is 5.11 Å². The molecule has 0 aliphatic heterocycles. The van der Waals surface area contributed by atoms with Crippen molar-refractivity contribution in [2.45, 2.75) is 19.9 Å². The van der Waals surface area contributed by atoms with Crippen LogP contribution in [-0.4, -0.2) is 11.0 Å². The van der Waals surface area contributed by atoms with Crippen molar-refractivity contribution >= 4 is 34.6 Å². The van der Waals surface area contributed by atoms with Crippen LogP contribution in [0.4, 0.5) is 20.2 Å². The van der Waals surface area contributed by atoms with Gasteiger partial charge >= 0.3 is 0 Å². The highest BCUT2D eigenvalue weighted by atomic mass is 32.1. The van der Waals surface area contributed by atoms with Gasteiger partial charge in [-0.15, -0.1) is 0 Å². The van der Waals surface area contributed by atoms with E-state index in [2.05, 4.69) is 16.0 Å². The van der Waals surface area contributed by atoms with E-state index in [1.54, 1.807) is 36.4 Å². The van der Waals surface area contributed by atoms with Gasteiger partial charge in [-0.2, -0.15) is 0 Å². The van der Waals surface area contributed by atoms with Crippen molar-refractivity contribution in [1.29, 1.82) is 0 Å². The van der Waals surface area contributed by atoms with Crippen LogP contribution < -0.4 is 16.0 Å². The van der Waals surface area contributed by atoms with Gasteiger partial charge in [0.05, 0.1) is 11.6 Å². The van der Waals surface area contributed by atoms with Crippen LogP contribution >= 0.6 is 12.2 Å². The fourth-order valence-electron chi connectivity index (χ4n) is 2.92. The molecular weight excluding hydrogens is 404 g/mol. The van der Waals surface area contributed by atoms with Crippen molar-refractivity contribution < 1.29 is 13.6 Å². The van der Waals surface area contributed by atoms with Crippen molar-refractivity contribution in [2.75, 3.05) is 10.6 Å². The van der Waals surface area contributed by atoms with Gasteiger partial charge in [-0.05, 0) is 79.7 Å². The molecule has 0 saturated heterocycles. The fraction of sp³-hybridized carbons (Fsp3) is 0.130. The topological polar surface area (TPSA) is 53.2 Å². The number of aryl methyl sites for hydroxylation is 1. The molecule has 3 aromatic carbocycles. The Labute approximate surface area is 179 Å². The van der Waals surface area contributed by atoms with Crippen LogP contribution in [0.15, 0.2) is 66.7 Å². The molecule has 7 heteroatoms. The Bertz CT molecular complexity index is 1070. The van der Waals surface area contributed by atoms with E-state index in [0.29, 0.717) is 10.8 Å². The van der Waals surface area contributed by atoms with E-state index in [1.807, 2.05) is 13.8 Å². The van der Waals surface area contributed by atoms with E-state index in [9.17, 15) is 13.6 Å². The van der Waals surface area contributed by atoms with Crippen LogP contribution in [0.25, 0.3) is 0 Å². The van der Waals surface area contributed by atoms with E-state index in [-0.39, 0.29) is 17.4 Å². The summed E-state index contributed by atoms with van der Waals surface area (Å²) in [5.74, 6) is -1.38. The number of carbonyl (C=O) groups is 1. The fourth-order valence-corrected chi connectivity index (χ4v) is 3.20. The summed E-state index contributed by atoms with van der Waals surface area (Å²) in [6.07, 6.45) is 0. The van der Waals surface area contributed by atoms with Gasteiger partial charge in [-0.1, -0.05) is 24.3 Å². The maximum Gasteiger partial charge on any atom is 0.258 e. The zero-order valence-corrected chi connectivity index (χ0v) is 17.3. The molecule has 1 atom stereocenters. The molecule has 4 nitrogen and oxygen atoms in total. The first-order chi connectivity index (χ1) is 14.3. The molecule has 0 heterocycles. The number of hydrogen-bond donors (Lipinski definition) is 3. The third-order valence-corrected chi connectivity index (χ3v) is 4.79. The molecule has 0 fully saturated rings. The monoisotopic (exact) mass is 425 g/mol. The predicted molar refractivity (Wildman–Crippen MR) is 120 cm³/mol. The van der Waals surface area contributed by atoms with Crippen molar-refractivity contribution in [2.24, 2.45) is 0 Å². The smallest absolute Gasteiger partial charge is 0.258 e. The molecule has 1 amide bonds. The predicted octanol–water partition coefficient (Wildman–Crippen LogP) is 5.57. The van der Waals surface area contributed by atoms with Crippen molar-refractivity contribution in [3.63, 3.8) is 0 Å². The first kappa shape index (κ1) is 21.4. The van der Waals surface area contributed by atoms with Gasteiger partial charge in [0.2, 0.25) is 0 Å². The summed E-state index contributed by atoms with van der Waals surface area (Å²) in [5.41, 5.74) is 3.05. The summed E-state index contributed by atoms with van der Waals surface area (Å²) in [6, 6.07) is 17.2. The second kappa shape index (κ2) is 9.45. The highest BCUT2D eigenvalue weighted by Gasteiger charge is 2.12. The van der Waals surface area contributed by atoms with Crippen LogP contribution in [0, 0.1) is 18.6 Å². The number of anilines is 2. The number of carbonyl (C=O) groups excluding carboxylic acids is 1. The second-order valence-corrected chi connectivity index (χ2v) is 7.24. The Morgan fingerprint density at radius 1 is 0.967 bits per heavy atom. The summed E-state index contributed by atoms with van der Waals surface area (Å²) >= 11 is 5.37. The molecule has 3 N–H and O–H groups in total. The zero-order valence-electron chi connectivity index (χ0n) is 16.5. The van der Waals surface area contributed by atoms with Crippen molar-refractivity contribution in [3.8, 4) is 0 Å². The lowest BCUT2D eigenvalue weighted by Crippen LogP contribution is -2.31. The van der Waals surface area contributed by atoms with Crippen molar-refractivity contribution in [1.82, 2.24) is 5.32 Å². The molecule has 0 radical (unpaired) electrons. The lowest BCUT2D eigenvalue weighted by Gasteiger charge is -2.18. The number of rotatable bonds is 5. The van der Waals surface area contributed by atoms with E-state index < -0.39 is 11.7 Å². The Kier molecular flexibility index (Phi) is 6.74. The molecule has 154 valence electrons. The number of hydrogen-bond acceptors (Lipinski definition) is 2. The average Bonchev–Trinajstić information content (AvgIpc) is 2.70. The van der Waals surface area contributed by atoms with E-state index in [4.69, 9.17) is 12.2 Å². The van der Waals surface area contributed by atoms with Gasteiger partial charge in [0, 0.05) is 11.4 Å². The molecule has 0 aliphatic carbocycles. The van der Waals surface area contributed by atoms with Gasteiger partial charge in [0.25, 0.3) is 5.91 Å². The molecule has 0 bridgehead atoms. The van der Waals surface area contributed by atoms with Crippen LogP contribution in [0.5, 0.6) is 0 Å². The van der Waals surface area contributed by atoms with Gasteiger partial charge in [0.1, 0.15) is 11.6 Å². The largest absolute Gasteiger partial charge is 0.356 e. The number of amides is 1. The third-order valence-electron chi connectivity index (χ3n) is 4.57. The normalized spacial score (nSPS) is 11.5. The van der Waals surface area contributed by atoms with Crippen LogP contribution in [0.2, 0.25) is 0 Å². The molecule has 0 aliphatic rings. The van der Waals surface area contributed by atoms with E-state index >= 15 is 0 Å².